The lowest BCUT2D eigenvalue weighted by Crippen LogP contribution is -2.12. The third-order valence-corrected chi connectivity index (χ3v) is 2.79. The van der Waals surface area contributed by atoms with Crippen molar-refractivity contribution in [1.29, 1.82) is 0 Å². The van der Waals surface area contributed by atoms with Crippen LogP contribution >= 0.6 is 0 Å². The lowest BCUT2D eigenvalue weighted by molar-refractivity contribution is 0.317. The fourth-order valence-corrected chi connectivity index (χ4v) is 2.01. The molecule has 0 bridgehead atoms. The molecule has 1 aliphatic heterocycles. The molecule has 0 aromatic heterocycles. The first kappa shape index (κ1) is 10.5. The maximum Gasteiger partial charge on any atom is 0.119 e. The quantitative estimate of drug-likeness (QED) is 0.816. The van der Waals surface area contributed by atoms with Crippen molar-refractivity contribution in [3.63, 3.8) is 0 Å². The highest BCUT2D eigenvalue weighted by Gasteiger charge is 2.16. The fourth-order valence-electron chi connectivity index (χ4n) is 2.01. The number of rotatable bonds is 4. The molecule has 1 unspecified atom stereocenters. The molecule has 1 fully saturated rings. The van der Waals surface area contributed by atoms with E-state index in [0.717, 1.165) is 25.3 Å². The molecule has 15 heavy (non-hydrogen) atoms. The van der Waals surface area contributed by atoms with E-state index in [-0.39, 0.29) is 0 Å². The van der Waals surface area contributed by atoms with Crippen molar-refractivity contribution in [2.45, 2.75) is 32.2 Å². The first-order valence-corrected chi connectivity index (χ1v) is 5.86. The maximum atomic E-state index is 5.63. The predicted molar refractivity (Wildman–Crippen MR) is 62.2 cm³/mol. The summed E-state index contributed by atoms with van der Waals surface area (Å²) in [5.41, 5.74) is 1.36. The highest BCUT2D eigenvalue weighted by molar-refractivity contribution is 5.31. The van der Waals surface area contributed by atoms with E-state index in [4.69, 9.17) is 4.74 Å². The van der Waals surface area contributed by atoms with E-state index in [0.29, 0.717) is 6.04 Å². The Morgan fingerprint density at radius 1 is 1.47 bits per heavy atom. The molecule has 0 spiro atoms. The number of benzene rings is 1. The monoisotopic (exact) mass is 205 g/mol. The van der Waals surface area contributed by atoms with Crippen LogP contribution in [0.25, 0.3) is 0 Å². The molecule has 1 heterocycles. The predicted octanol–water partition coefficient (Wildman–Crippen LogP) is 2.90. The molecule has 2 rings (SSSR count). The highest BCUT2D eigenvalue weighted by atomic mass is 16.5. The third kappa shape index (κ3) is 2.72. The van der Waals surface area contributed by atoms with Crippen LogP contribution in [0.15, 0.2) is 24.3 Å². The summed E-state index contributed by atoms with van der Waals surface area (Å²) < 4.78 is 5.63. The molecule has 1 aromatic carbocycles. The fraction of sp³-hybridized carbons (Fsp3) is 0.538. The van der Waals surface area contributed by atoms with Gasteiger partial charge in [-0.15, -0.1) is 0 Å². The molecule has 1 saturated heterocycles. The molecule has 2 nitrogen and oxygen atoms in total. The van der Waals surface area contributed by atoms with Crippen molar-refractivity contribution >= 4 is 0 Å². The molecule has 0 aliphatic carbocycles. The summed E-state index contributed by atoms with van der Waals surface area (Å²) in [5, 5.41) is 3.50. The molecular weight excluding hydrogens is 186 g/mol. The van der Waals surface area contributed by atoms with Crippen LogP contribution in [0.4, 0.5) is 0 Å². The van der Waals surface area contributed by atoms with Gasteiger partial charge in [0.1, 0.15) is 5.75 Å². The minimum Gasteiger partial charge on any atom is -0.494 e. The Morgan fingerprint density at radius 3 is 3.13 bits per heavy atom. The molecule has 0 saturated carbocycles. The first-order chi connectivity index (χ1) is 7.40. The topological polar surface area (TPSA) is 21.3 Å². The van der Waals surface area contributed by atoms with Crippen LogP contribution in [-0.4, -0.2) is 13.2 Å². The molecule has 0 radical (unpaired) electrons. The number of hydrogen-bond acceptors (Lipinski definition) is 2. The average molecular weight is 205 g/mol. The van der Waals surface area contributed by atoms with E-state index >= 15 is 0 Å². The third-order valence-electron chi connectivity index (χ3n) is 2.79. The van der Waals surface area contributed by atoms with E-state index in [2.05, 4.69) is 30.4 Å². The highest BCUT2D eigenvalue weighted by Crippen LogP contribution is 2.25. The van der Waals surface area contributed by atoms with Crippen molar-refractivity contribution in [3.05, 3.63) is 29.8 Å². The Kier molecular flexibility index (Phi) is 3.62. The van der Waals surface area contributed by atoms with Gasteiger partial charge in [-0.25, -0.2) is 0 Å². The summed E-state index contributed by atoms with van der Waals surface area (Å²) in [6.45, 7) is 4.08. The van der Waals surface area contributed by atoms with Gasteiger partial charge in [-0.1, -0.05) is 19.1 Å². The van der Waals surface area contributed by atoms with Crippen molar-refractivity contribution in [3.8, 4) is 5.75 Å². The van der Waals surface area contributed by atoms with Gasteiger partial charge >= 0.3 is 0 Å². The zero-order valence-corrected chi connectivity index (χ0v) is 9.33. The molecule has 1 aromatic rings. The van der Waals surface area contributed by atoms with Gasteiger partial charge < -0.3 is 10.1 Å². The SMILES string of the molecule is CCCOc1cccc(C2CCCN2)c1. The van der Waals surface area contributed by atoms with E-state index in [1.165, 1.54) is 18.4 Å². The van der Waals surface area contributed by atoms with E-state index in [1.807, 2.05) is 6.07 Å². The van der Waals surface area contributed by atoms with E-state index < -0.39 is 0 Å². The van der Waals surface area contributed by atoms with Gasteiger partial charge in [0.2, 0.25) is 0 Å². The molecule has 82 valence electrons. The summed E-state index contributed by atoms with van der Waals surface area (Å²) >= 11 is 0. The average Bonchev–Trinajstić information content (AvgIpc) is 2.80. The molecule has 1 N–H and O–H groups in total. The Labute approximate surface area is 91.6 Å². The lowest BCUT2D eigenvalue weighted by atomic mass is 10.1. The summed E-state index contributed by atoms with van der Waals surface area (Å²) in [7, 11) is 0. The van der Waals surface area contributed by atoms with Crippen LogP contribution in [-0.2, 0) is 0 Å². The van der Waals surface area contributed by atoms with Gasteiger partial charge in [-0.2, -0.15) is 0 Å². The van der Waals surface area contributed by atoms with Gasteiger partial charge in [0.15, 0.2) is 0 Å². The zero-order valence-electron chi connectivity index (χ0n) is 9.33. The van der Waals surface area contributed by atoms with Crippen LogP contribution in [0.2, 0.25) is 0 Å². The summed E-state index contributed by atoms with van der Waals surface area (Å²) in [5.74, 6) is 1.00. The van der Waals surface area contributed by atoms with Gasteiger partial charge in [-0.05, 0) is 43.5 Å². The Hall–Kier alpha value is -1.02. The second-order valence-corrected chi connectivity index (χ2v) is 4.07. The van der Waals surface area contributed by atoms with Gasteiger partial charge in [0.25, 0.3) is 0 Å². The van der Waals surface area contributed by atoms with Crippen molar-refractivity contribution in [2.75, 3.05) is 13.2 Å². The van der Waals surface area contributed by atoms with E-state index in [1.54, 1.807) is 0 Å². The van der Waals surface area contributed by atoms with Crippen molar-refractivity contribution in [1.82, 2.24) is 5.32 Å². The Morgan fingerprint density at radius 2 is 2.40 bits per heavy atom. The number of hydrogen-bond donors (Lipinski definition) is 1. The maximum absolute atomic E-state index is 5.63. The van der Waals surface area contributed by atoms with Crippen LogP contribution in [0, 0.1) is 0 Å². The smallest absolute Gasteiger partial charge is 0.119 e. The molecule has 2 heteroatoms. The lowest BCUT2D eigenvalue weighted by Gasteiger charge is -2.12. The Bertz CT molecular complexity index is 305. The largest absolute Gasteiger partial charge is 0.494 e. The van der Waals surface area contributed by atoms with Crippen molar-refractivity contribution in [2.24, 2.45) is 0 Å². The second-order valence-electron chi connectivity index (χ2n) is 4.07. The first-order valence-electron chi connectivity index (χ1n) is 5.86. The summed E-state index contributed by atoms with van der Waals surface area (Å²) in [6, 6.07) is 9.00. The summed E-state index contributed by atoms with van der Waals surface area (Å²) in [6.07, 6.45) is 3.59. The van der Waals surface area contributed by atoms with Gasteiger partial charge in [0.05, 0.1) is 6.61 Å². The second kappa shape index (κ2) is 5.17. The minimum atomic E-state index is 0.537. The number of nitrogens with one attached hydrogen (secondary N) is 1. The van der Waals surface area contributed by atoms with Crippen molar-refractivity contribution < 1.29 is 4.74 Å². The zero-order chi connectivity index (χ0) is 10.5. The normalized spacial score (nSPS) is 20.5. The summed E-state index contributed by atoms with van der Waals surface area (Å²) in [4.78, 5) is 0. The number of ether oxygens (including phenoxy) is 1. The van der Waals surface area contributed by atoms with Crippen LogP contribution < -0.4 is 10.1 Å². The molecule has 1 atom stereocenters. The van der Waals surface area contributed by atoms with Crippen LogP contribution in [0.5, 0.6) is 5.75 Å². The van der Waals surface area contributed by atoms with Crippen LogP contribution in [0.1, 0.15) is 37.8 Å². The van der Waals surface area contributed by atoms with Crippen LogP contribution in [0.3, 0.4) is 0 Å². The standard InChI is InChI=1S/C13H19NO/c1-2-9-15-12-6-3-5-11(10-12)13-7-4-8-14-13/h3,5-6,10,13-14H,2,4,7-9H2,1H3. The minimum absolute atomic E-state index is 0.537. The Balaban J connectivity index is 2.04. The van der Waals surface area contributed by atoms with Gasteiger partial charge in [0, 0.05) is 6.04 Å². The molecule has 1 aliphatic rings. The van der Waals surface area contributed by atoms with E-state index in [9.17, 15) is 0 Å². The molecule has 0 amide bonds. The molecular formula is C13H19NO. The van der Waals surface area contributed by atoms with Gasteiger partial charge in [-0.3, -0.25) is 0 Å².